The van der Waals surface area contributed by atoms with Crippen LogP contribution in [0.2, 0.25) is 0 Å². The highest BCUT2D eigenvalue weighted by atomic mass is 16.6. The predicted molar refractivity (Wildman–Crippen MR) is 46.1 cm³/mol. The summed E-state index contributed by atoms with van der Waals surface area (Å²) in [5, 5.41) is 8.97. The van der Waals surface area contributed by atoms with E-state index in [9.17, 15) is 4.79 Å². The van der Waals surface area contributed by atoms with Crippen LogP contribution in [0.25, 0.3) is 0 Å². The van der Waals surface area contributed by atoms with Gasteiger partial charge in [-0.05, 0) is 20.8 Å². The first kappa shape index (κ1) is 10.9. The lowest BCUT2D eigenvalue weighted by Gasteiger charge is -2.20. The third-order valence-corrected chi connectivity index (χ3v) is 0.863. The van der Waals surface area contributed by atoms with Crippen LogP contribution in [-0.2, 0) is 4.74 Å². The van der Waals surface area contributed by atoms with Gasteiger partial charge < -0.3 is 21.2 Å². The molecule has 5 nitrogen and oxygen atoms in total. The van der Waals surface area contributed by atoms with Gasteiger partial charge in [-0.1, -0.05) is 0 Å². The fourth-order valence-corrected chi connectivity index (χ4v) is 0.485. The molecule has 0 rings (SSSR count). The molecule has 0 heterocycles. The summed E-state index contributed by atoms with van der Waals surface area (Å²) in [6, 6.07) is 0. The van der Waals surface area contributed by atoms with E-state index in [0.717, 1.165) is 6.21 Å². The molecule has 1 amide bonds. The molecule has 12 heavy (non-hydrogen) atoms. The lowest BCUT2D eigenvalue weighted by molar-refractivity contribution is 0.0520. The summed E-state index contributed by atoms with van der Waals surface area (Å²) in [7, 11) is 0. The van der Waals surface area contributed by atoms with E-state index < -0.39 is 17.9 Å². The molecule has 0 aliphatic carbocycles. The Labute approximate surface area is 71.8 Å². The number of ether oxygens (including phenoxy) is 1. The van der Waals surface area contributed by atoms with Crippen molar-refractivity contribution in [3.05, 3.63) is 0 Å². The number of carbonyl (C=O) groups excluding carboxylic acids is 1. The molecule has 0 bridgehead atoms. The van der Waals surface area contributed by atoms with Crippen molar-refractivity contribution >= 4 is 12.3 Å². The summed E-state index contributed by atoms with van der Waals surface area (Å²) in [5.74, 6) is 0. The van der Waals surface area contributed by atoms with E-state index in [0.29, 0.717) is 0 Å². The van der Waals surface area contributed by atoms with Crippen molar-refractivity contribution in [1.29, 1.82) is 5.41 Å². The van der Waals surface area contributed by atoms with Crippen LogP contribution in [0.3, 0.4) is 0 Å². The minimum absolute atomic E-state index is 0.536. The first-order valence-electron chi connectivity index (χ1n) is 3.61. The molecular weight excluding hydrogens is 158 g/mol. The second-order valence-electron chi connectivity index (χ2n) is 3.34. The van der Waals surface area contributed by atoms with Gasteiger partial charge >= 0.3 is 6.09 Å². The minimum Gasteiger partial charge on any atom is -0.444 e. The third-order valence-electron chi connectivity index (χ3n) is 0.863. The molecule has 0 fully saturated rings. The van der Waals surface area contributed by atoms with Crippen molar-refractivity contribution in [2.45, 2.75) is 32.5 Å². The summed E-state index contributed by atoms with van der Waals surface area (Å²) in [4.78, 5) is 10.9. The molecule has 1 atom stereocenters. The van der Waals surface area contributed by atoms with Crippen LogP contribution in [-0.4, -0.2) is 24.1 Å². The molecule has 0 aliphatic rings. The fourth-order valence-electron chi connectivity index (χ4n) is 0.485. The number of amides is 1. The van der Waals surface area contributed by atoms with E-state index in [-0.39, 0.29) is 0 Å². The van der Waals surface area contributed by atoms with Crippen molar-refractivity contribution in [2.75, 3.05) is 0 Å². The Morgan fingerprint density at radius 1 is 1.67 bits per heavy atom. The average Bonchev–Trinajstić information content (AvgIpc) is 1.82. The van der Waals surface area contributed by atoms with Gasteiger partial charge in [-0.3, -0.25) is 0 Å². The Morgan fingerprint density at radius 2 is 2.17 bits per heavy atom. The smallest absolute Gasteiger partial charge is 0.409 e. The number of nitrogens with one attached hydrogen (secondary N) is 2. The lowest BCUT2D eigenvalue weighted by Crippen LogP contribution is -2.44. The predicted octanol–water partition coefficient (Wildman–Crippen LogP) is 0.445. The second-order valence-corrected chi connectivity index (χ2v) is 3.34. The van der Waals surface area contributed by atoms with E-state index in [4.69, 9.17) is 15.9 Å². The second kappa shape index (κ2) is 4.06. The Bertz CT molecular complexity index is 174. The first-order chi connectivity index (χ1) is 5.35. The van der Waals surface area contributed by atoms with Gasteiger partial charge in [0.15, 0.2) is 0 Å². The van der Waals surface area contributed by atoms with Crippen LogP contribution < -0.4 is 11.1 Å². The highest BCUT2D eigenvalue weighted by molar-refractivity contribution is 5.73. The largest absolute Gasteiger partial charge is 0.444 e. The van der Waals surface area contributed by atoms with Crippen LogP contribution in [0.4, 0.5) is 4.79 Å². The quantitative estimate of drug-likeness (QED) is 0.418. The molecule has 0 saturated heterocycles. The monoisotopic (exact) mass is 173 g/mol. The molecule has 1 unspecified atom stereocenters. The van der Waals surface area contributed by atoms with Gasteiger partial charge in [-0.15, -0.1) is 0 Å². The number of alkyl carbamates (subject to hydrolysis) is 1. The topological polar surface area (TPSA) is 88.2 Å². The highest BCUT2D eigenvalue weighted by Gasteiger charge is 2.16. The first-order valence-corrected chi connectivity index (χ1v) is 3.61. The Kier molecular flexibility index (Phi) is 3.69. The van der Waals surface area contributed by atoms with E-state index in [1.165, 1.54) is 0 Å². The maximum atomic E-state index is 10.9. The van der Waals surface area contributed by atoms with Gasteiger partial charge in [0, 0.05) is 6.21 Å². The van der Waals surface area contributed by atoms with Crippen LogP contribution in [0, 0.1) is 5.41 Å². The van der Waals surface area contributed by atoms with E-state index in [1.807, 2.05) is 0 Å². The number of hydrogen-bond acceptors (Lipinski definition) is 4. The Hall–Kier alpha value is -1.10. The number of hydrogen-bond donors (Lipinski definition) is 3. The molecule has 5 heteroatoms. The Morgan fingerprint density at radius 3 is 2.50 bits per heavy atom. The number of carbonyl (C=O) groups is 1. The molecule has 0 spiro atoms. The van der Waals surface area contributed by atoms with Gasteiger partial charge in [-0.2, -0.15) is 0 Å². The number of rotatable bonds is 2. The Balaban J connectivity index is 3.82. The standard InChI is InChI=1S/C7H15N3O2/c1-7(2,3)12-6(11)10-5(9)4-8/h4-5,8H,9H2,1-3H3,(H,10,11). The summed E-state index contributed by atoms with van der Waals surface area (Å²) in [5.41, 5.74) is 4.70. The summed E-state index contributed by atoms with van der Waals surface area (Å²) in [6.45, 7) is 5.26. The van der Waals surface area contributed by atoms with Crippen LogP contribution >= 0.6 is 0 Å². The zero-order valence-corrected chi connectivity index (χ0v) is 7.55. The maximum Gasteiger partial charge on any atom is 0.409 e. The minimum atomic E-state index is -0.778. The maximum absolute atomic E-state index is 10.9. The summed E-state index contributed by atoms with van der Waals surface area (Å²) >= 11 is 0. The zero-order chi connectivity index (χ0) is 9.78. The van der Waals surface area contributed by atoms with Gasteiger partial charge in [0.25, 0.3) is 0 Å². The van der Waals surface area contributed by atoms with Crippen molar-refractivity contribution in [1.82, 2.24) is 5.32 Å². The molecule has 0 aliphatic heterocycles. The van der Waals surface area contributed by atoms with Gasteiger partial charge in [0.2, 0.25) is 0 Å². The van der Waals surface area contributed by atoms with Crippen LogP contribution in [0.15, 0.2) is 0 Å². The molecule has 0 saturated carbocycles. The lowest BCUT2D eigenvalue weighted by atomic mass is 10.2. The highest BCUT2D eigenvalue weighted by Crippen LogP contribution is 2.06. The van der Waals surface area contributed by atoms with E-state index >= 15 is 0 Å². The summed E-state index contributed by atoms with van der Waals surface area (Å²) < 4.78 is 4.88. The molecule has 0 aromatic rings. The van der Waals surface area contributed by atoms with Crippen LogP contribution in [0.1, 0.15) is 20.8 Å². The van der Waals surface area contributed by atoms with Crippen molar-refractivity contribution < 1.29 is 9.53 Å². The molecule has 0 radical (unpaired) electrons. The summed E-state index contributed by atoms with van der Waals surface area (Å²) in [6.07, 6.45) is -0.470. The molecule has 0 aromatic heterocycles. The molecule has 4 N–H and O–H groups in total. The SMILES string of the molecule is CC(C)(C)OC(=O)NC(N)C=N. The average molecular weight is 173 g/mol. The third kappa shape index (κ3) is 5.67. The fraction of sp³-hybridized carbons (Fsp3) is 0.714. The van der Waals surface area contributed by atoms with Gasteiger partial charge in [0.1, 0.15) is 11.8 Å². The van der Waals surface area contributed by atoms with Crippen LogP contribution in [0.5, 0.6) is 0 Å². The van der Waals surface area contributed by atoms with Crippen molar-refractivity contribution in [3.8, 4) is 0 Å². The molecule has 70 valence electrons. The normalized spacial score (nSPS) is 13.3. The van der Waals surface area contributed by atoms with Gasteiger partial charge in [0.05, 0.1) is 0 Å². The number of nitrogens with two attached hydrogens (primary N) is 1. The van der Waals surface area contributed by atoms with E-state index in [2.05, 4.69) is 5.32 Å². The molecule has 0 aromatic carbocycles. The van der Waals surface area contributed by atoms with Crippen molar-refractivity contribution in [2.24, 2.45) is 5.73 Å². The van der Waals surface area contributed by atoms with Crippen molar-refractivity contribution in [3.63, 3.8) is 0 Å². The van der Waals surface area contributed by atoms with Gasteiger partial charge in [-0.25, -0.2) is 4.79 Å². The zero-order valence-electron chi connectivity index (χ0n) is 7.55. The van der Waals surface area contributed by atoms with E-state index in [1.54, 1.807) is 20.8 Å². The molecular formula is C7H15N3O2.